The first-order chi connectivity index (χ1) is 8.06. The van der Waals surface area contributed by atoms with Gasteiger partial charge in [-0.2, -0.15) is 5.10 Å². The zero-order valence-electron chi connectivity index (χ0n) is 10.4. The molecule has 2 aliphatic rings. The molecular formula is C12H19N3O2. The van der Waals surface area contributed by atoms with E-state index in [1.54, 1.807) is 0 Å². The maximum atomic E-state index is 12.2. The van der Waals surface area contributed by atoms with E-state index in [1.807, 2.05) is 4.90 Å². The molecule has 2 amide bonds. The lowest BCUT2D eigenvalue weighted by Gasteiger charge is -2.35. The molecule has 0 aromatic rings. The minimum absolute atomic E-state index is 0.0107. The van der Waals surface area contributed by atoms with E-state index >= 15 is 0 Å². The maximum Gasteiger partial charge on any atom is 0.270 e. The number of piperidine rings is 1. The highest BCUT2D eigenvalue weighted by atomic mass is 16.2. The highest BCUT2D eigenvalue weighted by molar-refractivity contribution is 6.39. The van der Waals surface area contributed by atoms with Crippen LogP contribution in [0.5, 0.6) is 0 Å². The molecular weight excluding hydrogens is 218 g/mol. The predicted molar refractivity (Wildman–Crippen MR) is 64.3 cm³/mol. The van der Waals surface area contributed by atoms with Crippen molar-refractivity contribution in [3.63, 3.8) is 0 Å². The van der Waals surface area contributed by atoms with Gasteiger partial charge in [0.1, 0.15) is 5.71 Å². The molecule has 0 aromatic heterocycles. The Bertz CT molecular complexity index is 355. The number of amides is 2. The fourth-order valence-electron chi connectivity index (χ4n) is 2.64. The van der Waals surface area contributed by atoms with E-state index in [2.05, 4.69) is 24.4 Å². The van der Waals surface area contributed by atoms with Crippen molar-refractivity contribution in [3.8, 4) is 0 Å². The smallest absolute Gasteiger partial charge is 0.270 e. The minimum atomic E-state index is -0.109. The van der Waals surface area contributed by atoms with Crippen LogP contribution in [0.3, 0.4) is 0 Å². The summed E-state index contributed by atoms with van der Waals surface area (Å²) in [6.07, 6.45) is 2.00. The van der Waals surface area contributed by atoms with Crippen LogP contribution in [-0.4, -0.2) is 35.5 Å². The van der Waals surface area contributed by atoms with Gasteiger partial charge in [0.05, 0.1) is 0 Å². The number of hydrazone groups is 1. The molecule has 0 aliphatic carbocycles. The second-order valence-corrected chi connectivity index (χ2v) is 5.25. The van der Waals surface area contributed by atoms with Gasteiger partial charge in [0.25, 0.3) is 5.91 Å². The van der Waals surface area contributed by atoms with Crippen molar-refractivity contribution in [2.45, 2.75) is 33.1 Å². The van der Waals surface area contributed by atoms with Gasteiger partial charge >= 0.3 is 0 Å². The standard InChI is InChI=1S/C12H19N3O2/c1-8-5-9(2)7-15(6-8)12(17)10-3-4-11(16)14-13-10/h8-9H,3-7H2,1-2H3,(H,14,16). The van der Waals surface area contributed by atoms with Crippen molar-refractivity contribution in [3.05, 3.63) is 0 Å². The van der Waals surface area contributed by atoms with Gasteiger partial charge in [0, 0.05) is 25.9 Å². The van der Waals surface area contributed by atoms with Crippen molar-refractivity contribution in [1.82, 2.24) is 10.3 Å². The largest absolute Gasteiger partial charge is 0.337 e. The van der Waals surface area contributed by atoms with E-state index < -0.39 is 0 Å². The molecule has 5 heteroatoms. The number of hydrogen-bond donors (Lipinski definition) is 1. The Hall–Kier alpha value is -1.39. The van der Waals surface area contributed by atoms with Gasteiger partial charge in [-0.3, -0.25) is 9.59 Å². The molecule has 0 saturated carbocycles. The molecule has 0 bridgehead atoms. The van der Waals surface area contributed by atoms with E-state index in [1.165, 1.54) is 6.42 Å². The van der Waals surface area contributed by atoms with Crippen molar-refractivity contribution in [2.75, 3.05) is 13.1 Å². The summed E-state index contributed by atoms with van der Waals surface area (Å²) >= 11 is 0. The van der Waals surface area contributed by atoms with Crippen LogP contribution in [-0.2, 0) is 9.59 Å². The highest BCUT2D eigenvalue weighted by Gasteiger charge is 2.29. The Labute approximate surface area is 101 Å². The van der Waals surface area contributed by atoms with Crippen molar-refractivity contribution in [1.29, 1.82) is 0 Å². The molecule has 0 aromatic carbocycles. The molecule has 94 valence electrons. The van der Waals surface area contributed by atoms with Gasteiger partial charge in [0.15, 0.2) is 0 Å². The van der Waals surface area contributed by atoms with Crippen LogP contribution in [0.2, 0.25) is 0 Å². The number of likely N-dealkylation sites (tertiary alicyclic amines) is 1. The van der Waals surface area contributed by atoms with Crippen LogP contribution in [0, 0.1) is 11.8 Å². The fourth-order valence-corrected chi connectivity index (χ4v) is 2.64. The average molecular weight is 237 g/mol. The van der Waals surface area contributed by atoms with Gasteiger partial charge in [0.2, 0.25) is 5.91 Å². The number of carbonyl (C=O) groups excluding carboxylic acids is 2. The van der Waals surface area contributed by atoms with Crippen molar-refractivity contribution >= 4 is 17.5 Å². The first-order valence-corrected chi connectivity index (χ1v) is 6.21. The van der Waals surface area contributed by atoms with Crippen LogP contribution >= 0.6 is 0 Å². The van der Waals surface area contributed by atoms with Gasteiger partial charge in [-0.25, -0.2) is 5.43 Å². The monoisotopic (exact) mass is 237 g/mol. The lowest BCUT2D eigenvalue weighted by atomic mass is 9.91. The normalized spacial score (nSPS) is 29.6. The molecule has 1 fully saturated rings. The zero-order chi connectivity index (χ0) is 12.4. The predicted octanol–water partition coefficient (Wildman–Crippen LogP) is 0.757. The average Bonchev–Trinajstić information content (AvgIpc) is 2.28. The number of hydrogen-bond acceptors (Lipinski definition) is 3. The second-order valence-electron chi connectivity index (χ2n) is 5.25. The quantitative estimate of drug-likeness (QED) is 0.731. The summed E-state index contributed by atoms with van der Waals surface area (Å²) in [4.78, 5) is 25.0. The Morgan fingerprint density at radius 2 is 1.94 bits per heavy atom. The highest BCUT2D eigenvalue weighted by Crippen LogP contribution is 2.21. The van der Waals surface area contributed by atoms with Crippen LogP contribution in [0.4, 0.5) is 0 Å². The van der Waals surface area contributed by atoms with E-state index in [-0.39, 0.29) is 11.8 Å². The molecule has 2 heterocycles. The molecule has 17 heavy (non-hydrogen) atoms. The van der Waals surface area contributed by atoms with Gasteiger partial charge in [-0.1, -0.05) is 13.8 Å². The van der Waals surface area contributed by atoms with Crippen LogP contribution in [0.15, 0.2) is 5.10 Å². The maximum absolute atomic E-state index is 12.2. The molecule has 2 atom stereocenters. The van der Waals surface area contributed by atoms with Crippen LogP contribution in [0.1, 0.15) is 33.1 Å². The van der Waals surface area contributed by atoms with E-state index in [9.17, 15) is 9.59 Å². The lowest BCUT2D eigenvalue weighted by molar-refractivity contribution is -0.127. The van der Waals surface area contributed by atoms with Crippen molar-refractivity contribution < 1.29 is 9.59 Å². The molecule has 0 radical (unpaired) electrons. The van der Waals surface area contributed by atoms with Gasteiger partial charge in [-0.05, 0) is 18.3 Å². The number of carbonyl (C=O) groups is 2. The summed E-state index contributed by atoms with van der Waals surface area (Å²) in [5, 5.41) is 3.86. The summed E-state index contributed by atoms with van der Waals surface area (Å²) in [6.45, 7) is 5.94. The summed E-state index contributed by atoms with van der Waals surface area (Å²) in [5.74, 6) is 0.966. The first-order valence-electron chi connectivity index (χ1n) is 6.21. The Balaban J connectivity index is 2.02. The topological polar surface area (TPSA) is 61.8 Å². The molecule has 2 unspecified atom stereocenters. The number of nitrogens with zero attached hydrogens (tertiary/aromatic N) is 2. The third-order valence-corrected chi connectivity index (χ3v) is 3.31. The van der Waals surface area contributed by atoms with E-state index in [4.69, 9.17) is 0 Å². The molecule has 1 saturated heterocycles. The Morgan fingerprint density at radius 1 is 1.29 bits per heavy atom. The van der Waals surface area contributed by atoms with Crippen LogP contribution in [0.25, 0.3) is 0 Å². The molecule has 2 aliphatic heterocycles. The minimum Gasteiger partial charge on any atom is -0.337 e. The summed E-state index contributed by atoms with van der Waals surface area (Å²) < 4.78 is 0. The van der Waals surface area contributed by atoms with Gasteiger partial charge < -0.3 is 4.90 Å². The lowest BCUT2D eigenvalue weighted by Crippen LogP contribution is -2.47. The second kappa shape index (κ2) is 4.85. The van der Waals surface area contributed by atoms with Crippen molar-refractivity contribution in [2.24, 2.45) is 16.9 Å². The zero-order valence-corrected chi connectivity index (χ0v) is 10.4. The number of nitrogens with one attached hydrogen (secondary N) is 1. The Morgan fingerprint density at radius 3 is 2.47 bits per heavy atom. The fraction of sp³-hybridized carbons (Fsp3) is 0.750. The summed E-state index contributed by atoms with van der Waals surface area (Å²) in [7, 11) is 0. The molecule has 1 N–H and O–H groups in total. The van der Waals surface area contributed by atoms with E-state index in [0.29, 0.717) is 30.4 Å². The third kappa shape index (κ3) is 2.84. The molecule has 2 rings (SSSR count). The molecule has 5 nitrogen and oxygen atoms in total. The number of rotatable bonds is 1. The van der Waals surface area contributed by atoms with Gasteiger partial charge in [-0.15, -0.1) is 0 Å². The summed E-state index contributed by atoms with van der Waals surface area (Å²) in [5.41, 5.74) is 2.87. The molecule has 0 spiro atoms. The summed E-state index contributed by atoms with van der Waals surface area (Å²) in [6, 6.07) is 0. The first kappa shape index (κ1) is 12.1. The SMILES string of the molecule is CC1CC(C)CN(C(=O)C2=NNC(=O)CC2)C1. The Kier molecular flexibility index (Phi) is 3.45. The third-order valence-electron chi connectivity index (χ3n) is 3.31. The van der Waals surface area contributed by atoms with E-state index in [0.717, 1.165) is 13.1 Å². The van der Waals surface area contributed by atoms with Crippen LogP contribution < -0.4 is 5.43 Å².